The van der Waals surface area contributed by atoms with Crippen LogP contribution < -0.4 is 10.6 Å². The van der Waals surface area contributed by atoms with E-state index in [4.69, 9.17) is 15.7 Å². The fraction of sp³-hybridized carbons (Fsp3) is 0.250. The number of aromatic nitrogens is 4. The highest BCUT2D eigenvalue weighted by Gasteiger charge is 2.27. The lowest BCUT2D eigenvalue weighted by atomic mass is 10.0. The summed E-state index contributed by atoms with van der Waals surface area (Å²) in [6.07, 6.45) is 5.71. The molecule has 28 heavy (non-hydrogen) atoms. The molecule has 3 aromatic rings. The number of anilines is 2. The smallest absolute Gasteiger partial charge is 0.254 e. The minimum atomic E-state index is -0.0762. The Bertz CT molecular complexity index is 1020. The summed E-state index contributed by atoms with van der Waals surface area (Å²) in [4.78, 5) is 34.3. The van der Waals surface area contributed by atoms with Crippen LogP contribution in [-0.2, 0) is 13.0 Å². The maximum atomic E-state index is 12.9. The van der Waals surface area contributed by atoms with Crippen molar-refractivity contribution >= 4 is 17.5 Å². The third-order valence-corrected chi connectivity index (χ3v) is 4.70. The van der Waals surface area contributed by atoms with Crippen molar-refractivity contribution < 1.29 is 4.79 Å². The summed E-state index contributed by atoms with van der Waals surface area (Å²) in [6, 6.07) is 7.07. The molecule has 8 nitrogen and oxygen atoms in total. The molecular formula is C20H21N7O. The quantitative estimate of drug-likeness (QED) is 0.744. The number of hydrogen-bond acceptors (Lipinski definition) is 7. The van der Waals surface area contributed by atoms with E-state index < -0.39 is 0 Å². The van der Waals surface area contributed by atoms with E-state index in [2.05, 4.69) is 9.97 Å². The molecule has 0 bridgehead atoms. The lowest BCUT2D eigenvalue weighted by molar-refractivity contribution is 0.0732. The van der Waals surface area contributed by atoms with Crippen LogP contribution in [0.25, 0.3) is 11.4 Å². The van der Waals surface area contributed by atoms with Crippen molar-refractivity contribution in [2.24, 2.45) is 0 Å². The summed E-state index contributed by atoms with van der Waals surface area (Å²) in [7, 11) is 3.93. The third-order valence-electron chi connectivity index (χ3n) is 4.70. The first-order valence-corrected chi connectivity index (χ1v) is 9.01. The molecule has 0 unspecified atom stereocenters. The van der Waals surface area contributed by atoms with Crippen molar-refractivity contribution in [1.29, 1.82) is 0 Å². The van der Waals surface area contributed by atoms with Crippen LogP contribution in [0.1, 0.15) is 21.6 Å². The van der Waals surface area contributed by atoms with Gasteiger partial charge in [-0.1, -0.05) is 0 Å². The van der Waals surface area contributed by atoms with Crippen LogP contribution in [0.4, 0.5) is 11.6 Å². The molecule has 0 fully saturated rings. The summed E-state index contributed by atoms with van der Waals surface area (Å²) >= 11 is 0. The molecule has 4 rings (SSSR count). The van der Waals surface area contributed by atoms with Gasteiger partial charge in [-0.15, -0.1) is 0 Å². The zero-order valence-corrected chi connectivity index (χ0v) is 15.8. The van der Waals surface area contributed by atoms with Crippen molar-refractivity contribution in [2.75, 3.05) is 31.3 Å². The van der Waals surface area contributed by atoms with Crippen molar-refractivity contribution in [3.63, 3.8) is 0 Å². The largest absolute Gasteiger partial charge is 0.384 e. The summed E-state index contributed by atoms with van der Waals surface area (Å²) in [5.74, 6) is 1.74. The molecule has 0 spiro atoms. The second-order valence-electron chi connectivity index (χ2n) is 6.88. The molecular weight excluding hydrogens is 354 g/mol. The Labute approximate surface area is 163 Å². The van der Waals surface area contributed by atoms with Crippen molar-refractivity contribution in [2.45, 2.75) is 13.0 Å². The highest BCUT2D eigenvalue weighted by Crippen LogP contribution is 2.29. The zero-order chi connectivity index (χ0) is 19.7. The number of nitrogens with zero attached hydrogens (tertiary/aromatic N) is 6. The first-order chi connectivity index (χ1) is 13.5. The molecule has 142 valence electrons. The molecule has 3 aromatic heterocycles. The van der Waals surface area contributed by atoms with Crippen LogP contribution >= 0.6 is 0 Å². The predicted molar refractivity (Wildman–Crippen MR) is 107 cm³/mol. The highest BCUT2D eigenvalue weighted by atomic mass is 16.2. The van der Waals surface area contributed by atoms with Crippen molar-refractivity contribution in [1.82, 2.24) is 24.8 Å². The third kappa shape index (κ3) is 3.36. The number of carbonyl (C=O) groups excluding carboxylic acids is 1. The van der Waals surface area contributed by atoms with Crippen LogP contribution in [0.3, 0.4) is 0 Å². The highest BCUT2D eigenvalue weighted by molar-refractivity contribution is 5.94. The molecule has 1 amide bonds. The molecule has 2 N–H and O–H groups in total. The predicted octanol–water partition coefficient (Wildman–Crippen LogP) is 1.78. The van der Waals surface area contributed by atoms with Gasteiger partial charge in [0.1, 0.15) is 11.6 Å². The number of pyridine rings is 2. The van der Waals surface area contributed by atoms with Gasteiger partial charge in [0.05, 0.1) is 12.2 Å². The Morgan fingerprint density at radius 2 is 2.07 bits per heavy atom. The first kappa shape index (κ1) is 17.8. The van der Waals surface area contributed by atoms with Crippen LogP contribution in [0.5, 0.6) is 0 Å². The van der Waals surface area contributed by atoms with Crippen LogP contribution in [0.15, 0.2) is 42.9 Å². The molecule has 4 heterocycles. The van der Waals surface area contributed by atoms with Crippen LogP contribution in [0.2, 0.25) is 0 Å². The maximum absolute atomic E-state index is 12.9. The summed E-state index contributed by atoms with van der Waals surface area (Å²) < 4.78 is 0. The average Bonchev–Trinajstić information content (AvgIpc) is 2.72. The maximum Gasteiger partial charge on any atom is 0.254 e. The fourth-order valence-corrected chi connectivity index (χ4v) is 3.34. The number of fused-ring (bicyclic) bond motifs is 1. The molecule has 1 aliphatic rings. The number of hydrogen-bond donors (Lipinski definition) is 1. The van der Waals surface area contributed by atoms with Crippen LogP contribution in [-0.4, -0.2) is 51.4 Å². The average molecular weight is 375 g/mol. The fourth-order valence-electron chi connectivity index (χ4n) is 3.34. The van der Waals surface area contributed by atoms with Gasteiger partial charge < -0.3 is 15.5 Å². The van der Waals surface area contributed by atoms with E-state index in [1.165, 1.54) is 0 Å². The number of nitrogens with two attached hydrogens (primary N) is 1. The van der Waals surface area contributed by atoms with Gasteiger partial charge in [0.15, 0.2) is 5.82 Å². The SMILES string of the molecule is CN(C)c1nc(-c2cccnc2)nc2c1CCN(C(=O)c1ccnc(N)c1)C2. The Hall–Kier alpha value is -3.55. The topological polar surface area (TPSA) is 101 Å². The molecule has 0 saturated heterocycles. The monoisotopic (exact) mass is 375 g/mol. The molecule has 0 aromatic carbocycles. The second-order valence-corrected chi connectivity index (χ2v) is 6.88. The Balaban J connectivity index is 1.71. The molecule has 0 saturated carbocycles. The van der Waals surface area contributed by atoms with Gasteiger partial charge >= 0.3 is 0 Å². The lowest BCUT2D eigenvalue weighted by Gasteiger charge is -2.30. The Morgan fingerprint density at radius 3 is 2.79 bits per heavy atom. The van der Waals surface area contributed by atoms with E-state index in [1.807, 2.05) is 31.1 Å². The van der Waals surface area contributed by atoms with E-state index in [1.54, 1.807) is 35.6 Å². The minimum Gasteiger partial charge on any atom is -0.384 e. The number of carbonyl (C=O) groups is 1. The summed E-state index contributed by atoms with van der Waals surface area (Å²) in [5.41, 5.74) is 9.04. The van der Waals surface area contributed by atoms with E-state index in [0.717, 1.165) is 22.6 Å². The summed E-state index contributed by atoms with van der Waals surface area (Å²) in [6.45, 7) is 1.03. The normalized spacial score (nSPS) is 13.1. The van der Waals surface area contributed by atoms with Crippen molar-refractivity contribution in [3.05, 3.63) is 59.7 Å². The molecule has 0 radical (unpaired) electrons. The number of rotatable bonds is 3. The van der Waals surface area contributed by atoms with Gasteiger partial charge in [-0.05, 0) is 30.7 Å². The molecule has 0 aliphatic carbocycles. The van der Waals surface area contributed by atoms with Gasteiger partial charge in [-0.2, -0.15) is 0 Å². The van der Waals surface area contributed by atoms with Gasteiger partial charge in [0.25, 0.3) is 5.91 Å². The van der Waals surface area contributed by atoms with Gasteiger partial charge in [0.2, 0.25) is 0 Å². The van der Waals surface area contributed by atoms with E-state index >= 15 is 0 Å². The van der Waals surface area contributed by atoms with Gasteiger partial charge in [-0.3, -0.25) is 9.78 Å². The van der Waals surface area contributed by atoms with Crippen molar-refractivity contribution in [3.8, 4) is 11.4 Å². The summed E-state index contributed by atoms with van der Waals surface area (Å²) in [5, 5.41) is 0. The molecule has 0 atom stereocenters. The molecule has 1 aliphatic heterocycles. The number of nitrogen functional groups attached to an aromatic ring is 1. The second kappa shape index (κ2) is 7.22. The lowest BCUT2D eigenvalue weighted by Crippen LogP contribution is -2.37. The first-order valence-electron chi connectivity index (χ1n) is 9.01. The van der Waals surface area contributed by atoms with E-state index in [9.17, 15) is 4.79 Å². The molecule has 8 heteroatoms. The zero-order valence-electron chi connectivity index (χ0n) is 15.8. The minimum absolute atomic E-state index is 0.0762. The van der Waals surface area contributed by atoms with E-state index in [-0.39, 0.29) is 5.91 Å². The van der Waals surface area contributed by atoms with Gasteiger partial charge in [0, 0.05) is 55.9 Å². The standard InChI is InChI=1S/C20H21N7O/c1-26(2)19-15-6-9-27(20(28)13-5-8-23-17(21)10-13)12-16(15)24-18(25-19)14-4-3-7-22-11-14/h3-5,7-8,10-11H,6,9,12H2,1-2H3,(H2,21,23). The van der Waals surface area contributed by atoms with E-state index in [0.29, 0.717) is 36.7 Å². The Kier molecular flexibility index (Phi) is 4.60. The number of amides is 1. The Morgan fingerprint density at radius 1 is 1.21 bits per heavy atom. The van der Waals surface area contributed by atoms with Gasteiger partial charge in [-0.25, -0.2) is 15.0 Å². The van der Waals surface area contributed by atoms with Crippen LogP contribution in [0, 0.1) is 0 Å².